The van der Waals surface area contributed by atoms with Crippen molar-refractivity contribution >= 4 is 5.97 Å². The van der Waals surface area contributed by atoms with Crippen LogP contribution in [0.4, 0.5) is 0 Å². The van der Waals surface area contributed by atoms with Gasteiger partial charge in [-0.2, -0.15) is 0 Å². The third-order valence-corrected chi connectivity index (χ3v) is 1.85. The van der Waals surface area contributed by atoms with E-state index in [9.17, 15) is 4.79 Å². The first-order chi connectivity index (χ1) is 6.04. The number of hydrogen-bond donors (Lipinski definition) is 0. The number of carbonyl (C=O) groups is 1. The standard InChI is InChI=1S/C10H18O3/c1-5-7-13-8-6-10(2,3)9(11)12-4/h5H,1,6-8H2,2-4H3. The van der Waals surface area contributed by atoms with E-state index in [1.807, 2.05) is 13.8 Å². The molecule has 0 N–H and O–H groups in total. The lowest BCUT2D eigenvalue weighted by atomic mass is 9.90. The first-order valence-corrected chi connectivity index (χ1v) is 4.31. The zero-order chi connectivity index (χ0) is 10.3. The van der Waals surface area contributed by atoms with E-state index in [0.29, 0.717) is 19.6 Å². The van der Waals surface area contributed by atoms with Gasteiger partial charge in [0, 0.05) is 6.61 Å². The second kappa shape index (κ2) is 5.75. The first kappa shape index (κ1) is 12.2. The minimum Gasteiger partial charge on any atom is -0.469 e. The number of hydrogen-bond acceptors (Lipinski definition) is 3. The van der Waals surface area contributed by atoms with Crippen LogP contribution in [0.1, 0.15) is 20.3 Å². The lowest BCUT2D eigenvalue weighted by Crippen LogP contribution is -2.27. The summed E-state index contributed by atoms with van der Waals surface area (Å²) in [5, 5.41) is 0. The van der Waals surface area contributed by atoms with Crippen molar-refractivity contribution in [3.05, 3.63) is 12.7 Å². The van der Waals surface area contributed by atoms with Crippen LogP contribution in [0.3, 0.4) is 0 Å². The molecule has 0 heterocycles. The molecule has 76 valence electrons. The van der Waals surface area contributed by atoms with Crippen LogP contribution in [0.15, 0.2) is 12.7 Å². The Bertz CT molecular complexity index is 173. The fraction of sp³-hybridized carbons (Fsp3) is 0.700. The Morgan fingerprint density at radius 1 is 1.54 bits per heavy atom. The van der Waals surface area contributed by atoms with Gasteiger partial charge in [0.1, 0.15) is 0 Å². The van der Waals surface area contributed by atoms with Crippen molar-refractivity contribution in [1.29, 1.82) is 0 Å². The lowest BCUT2D eigenvalue weighted by Gasteiger charge is -2.20. The van der Waals surface area contributed by atoms with Gasteiger partial charge in [0.2, 0.25) is 0 Å². The Morgan fingerprint density at radius 3 is 2.62 bits per heavy atom. The summed E-state index contributed by atoms with van der Waals surface area (Å²) >= 11 is 0. The van der Waals surface area contributed by atoms with Gasteiger partial charge in [-0.3, -0.25) is 4.79 Å². The molecule has 0 aliphatic heterocycles. The SMILES string of the molecule is C=CCOCCC(C)(C)C(=O)OC. The first-order valence-electron chi connectivity index (χ1n) is 4.31. The molecular formula is C10H18O3. The second-order valence-electron chi connectivity index (χ2n) is 3.49. The van der Waals surface area contributed by atoms with Crippen molar-refractivity contribution in [3.8, 4) is 0 Å². The van der Waals surface area contributed by atoms with Crippen LogP contribution < -0.4 is 0 Å². The van der Waals surface area contributed by atoms with Crippen LogP contribution in [0.25, 0.3) is 0 Å². The molecule has 0 aliphatic rings. The summed E-state index contributed by atoms with van der Waals surface area (Å²) in [5.74, 6) is -0.199. The van der Waals surface area contributed by atoms with Crippen molar-refractivity contribution in [2.45, 2.75) is 20.3 Å². The van der Waals surface area contributed by atoms with Crippen molar-refractivity contribution in [1.82, 2.24) is 0 Å². The zero-order valence-electron chi connectivity index (χ0n) is 8.63. The van der Waals surface area contributed by atoms with Gasteiger partial charge in [-0.15, -0.1) is 6.58 Å². The monoisotopic (exact) mass is 186 g/mol. The second-order valence-corrected chi connectivity index (χ2v) is 3.49. The molecule has 3 nitrogen and oxygen atoms in total. The fourth-order valence-corrected chi connectivity index (χ4v) is 0.872. The molecule has 0 radical (unpaired) electrons. The van der Waals surface area contributed by atoms with Gasteiger partial charge in [0.15, 0.2) is 0 Å². The minimum atomic E-state index is -0.462. The summed E-state index contributed by atoms with van der Waals surface area (Å²) in [4.78, 5) is 11.2. The predicted molar refractivity (Wildman–Crippen MR) is 51.4 cm³/mol. The van der Waals surface area contributed by atoms with E-state index >= 15 is 0 Å². The average molecular weight is 186 g/mol. The fourth-order valence-electron chi connectivity index (χ4n) is 0.872. The molecule has 0 amide bonds. The van der Waals surface area contributed by atoms with Crippen molar-refractivity contribution in [2.24, 2.45) is 5.41 Å². The highest BCUT2D eigenvalue weighted by molar-refractivity contribution is 5.75. The van der Waals surface area contributed by atoms with Crippen LogP contribution in [-0.4, -0.2) is 26.3 Å². The molecule has 0 bridgehead atoms. The molecule has 0 aliphatic carbocycles. The molecule has 0 unspecified atom stereocenters. The van der Waals surface area contributed by atoms with Gasteiger partial charge < -0.3 is 9.47 Å². The number of methoxy groups -OCH3 is 1. The Kier molecular flexibility index (Phi) is 5.39. The van der Waals surface area contributed by atoms with Gasteiger partial charge in [-0.1, -0.05) is 6.08 Å². The van der Waals surface area contributed by atoms with Gasteiger partial charge in [0.05, 0.1) is 19.1 Å². The van der Waals surface area contributed by atoms with Gasteiger partial charge in [-0.25, -0.2) is 0 Å². The average Bonchev–Trinajstić information content (AvgIpc) is 2.11. The normalized spacial score (nSPS) is 11.0. The van der Waals surface area contributed by atoms with Crippen LogP contribution in [0.5, 0.6) is 0 Å². The van der Waals surface area contributed by atoms with E-state index in [1.54, 1.807) is 6.08 Å². The molecule has 0 aromatic carbocycles. The largest absolute Gasteiger partial charge is 0.469 e. The van der Waals surface area contributed by atoms with Crippen LogP contribution in [-0.2, 0) is 14.3 Å². The Labute approximate surface area is 79.7 Å². The van der Waals surface area contributed by atoms with Crippen LogP contribution >= 0.6 is 0 Å². The van der Waals surface area contributed by atoms with E-state index in [-0.39, 0.29) is 5.97 Å². The van der Waals surface area contributed by atoms with E-state index in [0.717, 1.165) is 0 Å². The molecular weight excluding hydrogens is 168 g/mol. The number of carbonyl (C=O) groups excluding carboxylic acids is 1. The quantitative estimate of drug-likeness (QED) is 0.360. The van der Waals surface area contributed by atoms with E-state index in [4.69, 9.17) is 4.74 Å². The van der Waals surface area contributed by atoms with Crippen LogP contribution in [0.2, 0.25) is 0 Å². The molecule has 0 saturated heterocycles. The smallest absolute Gasteiger partial charge is 0.311 e. The molecule has 0 aromatic rings. The van der Waals surface area contributed by atoms with E-state index < -0.39 is 5.41 Å². The summed E-state index contributed by atoms with van der Waals surface area (Å²) in [6, 6.07) is 0. The maximum Gasteiger partial charge on any atom is 0.311 e. The van der Waals surface area contributed by atoms with Gasteiger partial charge >= 0.3 is 5.97 Å². The summed E-state index contributed by atoms with van der Waals surface area (Å²) in [5.41, 5.74) is -0.462. The van der Waals surface area contributed by atoms with Gasteiger partial charge in [0.25, 0.3) is 0 Å². The molecule has 0 atom stereocenters. The highest BCUT2D eigenvalue weighted by Gasteiger charge is 2.27. The number of ether oxygens (including phenoxy) is 2. The van der Waals surface area contributed by atoms with Gasteiger partial charge in [-0.05, 0) is 20.3 Å². The molecule has 13 heavy (non-hydrogen) atoms. The summed E-state index contributed by atoms with van der Waals surface area (Å²) in [6.45, 7) is 8.29. The molecule has 3 heteroatoms. The highest BCUT2D eigenvalue weighted by atomic mass is 16.5. The molecule has 0 rings (SSSR count). The van der Waals surface area contributed by atoms with E-state index in [1.165, 1.54) is 7.11 Å². The number of rotatable bonds is 6. The lowest BCUT2D eigenvalue weighted by molar-refractivity contribution is -0.151. The zero-order valence-corrected chi connectivity index (χ0v) is 8.63. The maximum absolute atomic E-state index is 11.2. The number of esters is 1. The predicted octanol–water partition coefficient (Wildman–Crippen LogP) is 1.78. The summed E-state index contributed by atoms with van der Waals surface area (Å²) < 4.78 is 9.84. The molecule has 0 spiro atoms. The Hall–Kier alpha value is -0.830. The van der Waals surface area contributed by atoms with Crippen LogP contribution in [0, 0.1) is 5.41 Å². The van der Waals surface area contributed by atoms with E-state index in [2.05, 4.69) is 11.3 Å². The summed E-state index contributed by atoms with van der Waals surface area (Å²) in [6.07, 6.45) is 2.35. The minimum absolute atomic E-state index is 0.199. The van der Waals surface area contributed by atoms with Crippen molar-refractivity contribution in [3.63, 3.8) is 0 Å². The molecule has 0 fully saturated rings. The summed E-state index contributed by atoms with van der Waals surface area (Å²) in [7, 11) is 1.40. The van der Waals surface area contributed by atoms with Crippen molar-refractivity contribution in [2.75, 3.05) is 20.3 Å². The third kappa shape index (κ3) is 4.68. The topological polar surface area (TPSA) is 35.5 Å². The molecule has 0 saturated carbocycles. The third-order valence-electron chi connectivity index (χ3n) is 1.85. The Morgan fingerprint density at radius 2 is 2.15 bits per heavy atom. The Balaban J connectivity index is 3.75. The molecule has 0 aromatic heterocycles. The highest BCUT2D eigenvalue weighted by Crippen LogP contribution is 2.21. The maximum atomic E-state index is 11.2. The van der Waals surface area contributed by atoms with Crippen molar-refractivity contribution < 1.29 is 14.3 Å².